The van der Waals surface area contributed by atoms with E-state index in [1.165, 1.54) is 35.9 Å². The number of aromatic nitrogens is 4. The highest BCUT2D eigenvalue weighted by Gasteiger charge is 2.12. The molecule has 1 heterocycles. The summed E-state index contributed by atoms with van der Waals surface area (Å²) in [6.45, 7) is 1.42. The highest BCUT2D eigenvalue weighted by molar-refractivity contribution is 7.99. The molecular formula is C17H15FN6O2S. The molecule has 0 bridgehead atoms. The van der Waals surface area contributed by atoms with Crippen LogP contribution < -0.4 is 10.6 Å². The Morgan fingerprint density at radius 1 is 1.11 bits per heavy atom. The van der Waals surface area contributed by atoms with Crippen LogP contribution in [0, 0.1) is 5.82 Å². The molecule has 27 heavy (non-hydrogen) atoms. The van der Waals surface area contributed by atoms with Crippen LogP contribution in [-0.2, 0) is 9.59 Å². The molecule has 138 valence electrons. The first-order chi connectivity index (χ1) is 13.0. The Balaban J connectivity index is 1.66. The third-order valence-electron chi connectivity index (χ3n) is 3.31. The number of amides is 2. The molecule has 3 aromatic rings. The predicted molar refractivity (Wildman–Crippen MR) is 99.2 cm³/mol. The Hall–Kier alpha value is -3.27. The number of thioether (sulfide) groups is 1. The SMILES string of the molecule is CC(=O)Nc1cccc(-n2nnnc2SCC(=O)Nc2ccc(F)cc2)c1. The fourth-order valence-electron chi connectivity index (χ4n) is 2.21. The fraction of sp³-hybridized carbons (Fsp3) is 0.118. The van der Waals surface area contributed by atoms with Crippen LogP contribution in [0.1, 0.15) is 6.92 Å². The maximum Gasteiger partial charge on any atom is 0.234 e. The van der Waals surface area contributed by atoms with Gasteiger partial charge >= 0.3 is 0 Å². The first kappa shape index (κ1) is 18.5. The van der Waals surface area contributed by atoms with Crippen LogP contribution in [-0.4, -0.2) is 37.8 Å². The zero-order valence-electron chi connectivity index (χ0n) is 14.2. The van der Waals surface area contributed by atoms with Crippen LogP contribution in [0.3, 0.4) is 0 Å². The third-order valence-corrected chi connectivity index (χ3v) is 4.23. The Morgan fingerprint density at radius 3 is 2.63 bits per heavy atom. The Bertz CT molecular complexity index is 960. The van der Waals surface area contributed by atoms with Gasteiger partial charge in [0.25, 0.3) is 0 Å². The van der Waals surface area contributed by atoms with Gasteiger partial charge in [-0.25, -0.2) is 4.39 Å². The normalized spacial score (nSPS) is 10.4. The van der Waals surface area contributed by atoms with Crippen molar-refractivity contribution < 1.29 is 14.0 Å². The van der Waals surface area contributed by atoms with E-state index in [0.717, 1.165) is 11.8 Å². The van der Waals surface area contributed by atoms with E-state index in [1.807, 2.05) is 0 Å². The number of carbonyl (C=O) groups is 2. The number of rotatable bonds is 6. The van der Waals surface area contributed by atoms with Crippen LogP contribution in [0.2, 0.25) is 0 Å². The van der Waals surface area contributed by atoms with Crippen molar-refractivity contribution in [3.05, 3.63) is 54.3 Å². The first-order valence-electron chi connectivity index (χ1n) is 7.86. The van der Waals surface area contributed by atoms with Crippen LogP contribution in [0.4, 0.5) is 15.8 Å². The van der Waals surface area contributed by atoms with E-state index in [4.69, 9.17) is 0 Å². The number of anilines is 2. The van der Waals surface area contributed by atoms with Gasteiger partial charge in [0.15, 0.2) is 0 Å². The summed E-state index contributed by atoms with van der Waals surface area (Å²) < 4.78 is 14.4. The topological polar surface area (TPSA) is 102 Å². The van der Waals surface area contributed by atoms with E-state index in [0.29, 0.717) is 22.2 Å². The number of benzene rings is 2. The van der Waals surface area contributed by atoms with Gasteiger partial charge in [-0.1, -0.05) is 17.8 Å². The molecule has 0 aliphatic rings. The van der Waals surface area contributed by atoms with Gasteiger partial charge in [-0.2, -0.15) is 4.68 Å². The number of nitrogens with zero attached hydrogens (tertiary/aromatic N) is 4. The average Bonchev–Trinajstić information content (AvgIpc) is 3.10. The van der Waals surface area contributed by atoms with Crippen LogP contribution in [0.25, 0.3) is 5.69 Å². The van der Waals surface area contributed by atoms with Crippen molar-refractivity contribution >= 4 is 35.0 Å². The van der Waals surface area contributed by atoms with E-state index in [-0.39, 0.29) is 23.4 Å². The molecule has 0 fully saturated rings. The van der Waals surface area contributed by atoms with Crippen molar-refractivity contribution in [2.24, 2.45) is 0 Å². The van der Waals surface area contributed by atoms with Crippen LogP contribution in [0.5, 0.6) is 0 Å². The Morgan fingerprint density at radius 2 is 1.89 bits per heavy atom. The van der Waals surface area contributed by atoms with Gasteiger partial charge in [0, 0.05) is 18.3 Å². The Kier molecular flexibility index (Phi) is 5.77. The summed E-state index contributed by atoms with van der Waals surface area (Å²) in [6.07, 6.45) is 0. The molecule has 0 aliphatic heterocycles. The number of halogens is 1. The lowest BCUT2D eigenvalue weighted by molar-refractivity contribution is -0.114. The van der Waals surface area contributed by atoms with Crippen molar-refractivity contribution in [1.29, 1.82) is 0 Å². The number of hydrogen-bond donors (Lipinski definition) is 2. The number of tetrazole rings is 1. The number of hydrogen-bond acceptors (Lipinski definition) is 6. The number of nitrogens with one attached hydrogen (secondary N) is 2. The van der Waals surface area contributed by atoms with Gasteiger partial charge < -0.3 is 10.6 Å². The largest absolute Gasteiger partial charge is 0.326 e. The molecule has 0 radical (unpaired) electrons. The van der Waals surface area contributed by atoms with Crippen molar-refractivity contribution in [3.8, 4) is 5.69 Å². The quantitative estimate of drug-likeness (QED) is 0.631. The summed E-state index contributed by atoms with van der Waals surface area (Å²) >= 11 is 1.15. The number of carbonyl (C=O) groups excluding carboxylic acids is 2. The van der Waals surface area contributed by atoms with Gasteiger partial charge in [-0.15, -0.1) is 5.10 Å². The second-order valence-electron chi connectivity index (χ2n) is 5.45. The molecule has 0 saturated heterocycles. The fourth-order valence-corrected chi connectivity index (χ4v) is 2.90. The summed E-state index contributed by atoms with van der Waals surface area (Å²) in [5.41, 5.74) is 1.76. The minimum atomic E-state index is -0.372. The molecule has 8 nitrogen and oxygen atoms in total. The van der Waals surface area contributed by atoms with E-state index >= 15 is 0 Å². The molecule has 3 rings (SSSR count). The molecule has 10 heteroatoms. The maximum absolute atomic E-state index is 12.9. The monoisotopic (exact) mass is 386 g/mol. The molecule has 2 aromatic carbocycles. The standard InChI is InChI=1S/C17H15FN6O2S/c1-11(25)19-14-3-2-4-15(9-14)24-17(21-22-23-24)27-10-16(26)20-13-7-5-12(18)6-8-13/h2-9H,10H2,1H3,(H,19,25)(H,20,26). The lowest BCUT2D eigenvalue weighted by Gasteiger charge is -2.07. The highest BCUT2D eigenvalue weighted by Crippen LogP contribution is 2.21. The molecule has 0 aliphatic carbocycles. The minimum Gasteiger partial charge on any atom is -0.326 e. The zero-order valence-corrected chi connectivity index (χ0v) is 15.0. The van der Waals surface area contributed by atoms with Crippen LogP contribution >= 0.6 is 11.8 Å². The summed E-state index contributed by atoms with van der Waals surface area (Å²) in [6, 6.07) is 12.5. The van der Waals surface area contributed by atoms with Gasteiger partial charge in [0.2, 0.25) is 17.0 Å². The molecule has 2 amide bonds. The minimum absolute atomic E-state index is 0.0726. The van der Waals surface area contributed by atoms with Crippen molar-refractivity contribution in [1.82, 2.24) is 20.2 Å². The second-order valence-corrected chi connectivity index (χ2v) is 6.39. The van der Waals surface area contributed by atoms with Gasteiger partial charge in [0.1, 0.15) is 5.82 Å². The van der Waals surface area contributed by atoms with E-state index < -0.39 is 0 Å². The van der Waals surface area contributed by atoms with Crippen molar-refractivity contribution in [2.45, 2.75) is 12.1 Å². The smallest absolute Gasteiger partial charge is 0.234 e. The maximum atomic E-state index is 12.9. The van der Waals surface area contributed by atoms with Gasteiger partial charge in [-0.3, -0.25) is 9.59 Å². The van der Waals surface area contributed by atoms with Gasteiger partial charge in [0.05, 0.1) is 11.4 Å². The summed E-state index contributed by atoms with van der Waals surface area (Å²) in [7, 11) is 0. The third kappa shape index (κ3) is 5.11. The highest BCUT2D eigenvalue weighted by atomic mass is 32.2. The lowest BCUT2D eigenvalue weighted by Crippen LogP contribution is -2.14. The molecule has 0 spiro atoms. The summed E-state index contributed by atoms with van der Waals surface area (Å²) in [5.74, 6) is -0.754. The average molecular weight is 386 g/mol. The predicted octanol–water partition coefficient (Wildman–Crippen LogP) is 2.49. The Labute approximate surface area is 158 Å². The summed E-state index contributed by atoms with van der Waals surface area (Å²) in [4.78, 5) is 23.3. The van der Waals surface area contributed by atoms with Crippen LogP contribution in [0.15, 0.2) is 53.7 Å². The molecular weight excluding hydrogens is 371 g/mol. The second kappa shape index (κ2) is 8.41. The molecule has 0 atom stereocenters. The molecule has 2 N–H and O–H groups in total. The zero-order chi connectivity index (χ0) is 19.2. The molecule has 1 aromatic heterocycles. The summed E-state index contributed by atoms with van der Waals surface area (Å²) in [5, 5.41) is 17.3. The lowest BCUT2D eigenvalue weighted by atomic mass is 10.3. The molecule has 0 unspecified atom stereocenters. The van der Waals surface area contributed by atoms with Gasteiger partial charge in [-0.05, 0) is 52.9 Å². The molecule has 0 saturated carbocycles. The van der Waals surface area contributed by atoms with E-state index in [9.17, 15) is 14.0 Å². The van der Waals surface area contributed by atoms with Crippen molar-refractivity contribution in [2.75, 3.05) is 16.4 Å². The van der Waals surface area contributed by atoms with E-state index in [1.54, 1.807) is 24.3 Å². The van der Waals surface area contributed by atoms with E-state index in [2.05, 4.69) is 26.2 Å². The van der Waals surface area contributed by atoms with Crippen molar-refractivity contribution in [3.63, 3.8) is 0 Å². The first-order valence-corrected chi connectivity index (χ1v) is 8.84.